The monoisotopic (exact) mass is 238 g/mol. The van der Waals surface area contributed by atoms with Gasteiger partial charge in [-0.1, -0.05) is 13.8 Å². The minimum Gasteiger partial charge on any atom is -0.394 e. The van der Waals surface area contributed by atoms with E-state index in [9.17, 15) is 0 Å². The molecule has 0 aliphatic carbocycles. The van der Waals surface area contributed by atoms with Crippen LogP contribution in [-0.2, 0) is 13.9 Å². The fraction of sp³-hybridized carbons (Fsp3) is 1.00. The van der Waals surface area contributed by atoms with Crippen molar-refractivity contribution in [2.24, 2.45) is 5.92 Å². The molecule has 0 saturated carbocycles. The van der Waals surface area contributed by atoms with Crippen molar-refractivity contribution < 1.29 is 24.1 Å². The summed E-state index contributed by atoms with van der Waals surface area (Å²) in [6, 6.07) is 1.06. The molecule has 0 aromatic carbocycles. The third-order valence-electron chi connectivity index (χ3n) is 1.64. The van der Waals surface area contributed by atoms with Crippen molar-refractivity contribution in [1.29, 1.82) is 0 Å². The van der Waals surface area contributed by atoms with Gasteiger partial charge in [0.05, 0.1) is 26.4 Å². The van der Waals surface area contributed by atoms with Gasteiger partial charge >= 0.3 is 0 Å². The summed E-state index contributed by atoms with van der Waals surface area (Å²) in [5.41, 5.74) is 0. The van der Waals surface area contributed by atoms with Crippen molar-refractivity contribution in [3.63, 3.8) is 0 Å². The highest BCUT2D eigenvalue weighted by molar-refractivity contribution is 6.27. The molecule has 0 atom stereocenters. The molecule has 2 N–H and O–H groups in total. The molecule has 15 heavy (non-hydrogen) atoms. The molecule has 0 unspecified atom stereocenters. The lowest BCUT2D eigenvalue weighted by Gasteiger charge is -2.18. The Labute approximate surface area is 93.3 Å². The summed E-state index contributed by atoms with van der Waals surface area (Å²) in [4.78, 5) is 0. The molecule has 92 valence electrons. The zero-order valence-electron chi connectivity index (χ0n) is 9.52. The molecule has 0 fully saturated rings. The van der Waals surface area contributed by atoms with Crippen molar-refractivity contribution in [2.45, 2.75) is 26.4 Å². The van der Waals surface area contributed by atoms with Crippen LogP contribution >= 0.6 is 0 Å². The molecule has 0 bridgehead atoms. The predicted octanol–water partition coefficient (Wildman–Crippen LogP) is -0.538. The van der Waals surface area contributed by atoms with Crippen LogP contribution in [0.25, 0.3) is 0 Å². The van der Waals surface area contributed by atoms with Gasteiger partial charge in [0.1, 0.15) is 0 Å². The van der Waals surface area contributed by atoms with Crippen molar-refractivity contribution in [2.75, 3.05) is 26.4 Å². The van der Waals surface area contributed by atoms with Crippen LogP contribution in [0.1, 0.15) is 13.8 Å². The highest BCUT2D eigenvalue weighted by atomic mass is 28.2. The predicted molar refractivity (Wildman–Crippen MR) is 59.1 cm³/mol. The van der Waals surface area contributed by atoms with Crippen LogP contribution in [0.2, 0.25) is 6.04 Å². The first-order chi connectivity index (χ1) is 7.20. The van der Waals surface area contributed by atoms with E-state index in [1.54, 1.807) is 0 Å². The lowest BCUT2D eigenvalue weighted by Crippen LogP contribution is -2.26. The third kappa shape index (κ3) is 10.3. The van der Waals surface area contributed by atoms with Crippen molar-refractivity contribution in [3.8, 4) is 0 Å². The molecule has 0 saturated heterocycles. The maximum Gasteiger partial charge on any atom is 0.261 e. The van der Waals surface area contributed by atoms with Gasteiger partial charge in [0.25, 0.3) is 6.48 Å². The summed E-state index contributed by atoms with van der Waals surface area (Å²) < 4.78 is 15.6. The Morgan fingerprint density at radius 3 is 2.00 bits per heavy atom. The van der Waals surface area contributed by atoms with E-state index in [1.165, 1.54) is 0 Å². The number of rotatable bonds is 10. The van der Waals surface area contributed by atoms with E-state index in [1.807, 2.05) is 0 Å². The van der Waals surface area contributed by atoms with Crippen molar-refractivity contribution in [1.82, 2.24) is 0 Å². The van der Waals surface area contributed by atoms with Crippen LogP contribution in [-0.4, -0.2) is 52.9 Å². The van der Waals surface area contributed by atoms with E-state index in [-0.39, 0.29) is 26.4 Å². The summed E-state index contributed by atoms with van der Waals surface area (Å²) >= 11 is 0. The highest BCUT2D eigenvalue weighted by Crippen LogP contribution is 2.03. The second kappa shape index (κ2) is 10.5. The summed E-state index contributed by atoms with van der Waals surface area (Å²) in [7, 11) is -0.653. The minimum atomic E-state index is -0.727. The van der Waals surface area contributed by atoms with Gasteiger partial charge in [0, 0.05) is 0 Å². The van der Waals surface area contributed by atoms with Crippen molar-refractivity contribution >= 4 is 9.76 Å². The Balaban J connectivity index is 3.58. The molecule has 0 radical (unpaired) electrons. The Morgan fingerprint density at radius 2 is 1.60 bits per heavy atom. The van der Waals surface area contributed by atoms with Crippen molar-refractivity contribution in [3.05, 3.63) is 0 Å². The molecule has 0 aromatic heterocycles. The van der Waals surface area contributed by atoms with Gasteiger partial charge in [0.2, 0.25) is 0 Å². The molecule has 0 aromatic rings. The standard InChI is InChI=1S/C9H22O5Si/c1-8(2)7-15-14-9(12-5-3-10)13-6-4-11/h8-11H,3-7,15H2,1-2H3. The molecule has 0 spiro atoms. The number of ether oxygens (including phenoxy) is 2. The topological polar surface area (TPSA) is 68.2 Å². The maximum absolute atomic E-state index is 8.58. The van der Waals surface area contributed by atoms with E-state index in [0.29, 0.717) is 5.92 Å². The van der Waals surface area contributed by atoms with E-state index >= 15 is 0 Å². The minimum absolute atomic E-state index is 0.0614. The first-order valence-electron chi connectivity index (χ1n) is 5.27. The van der Waals surface area contributed by atoms with Crippen LogP contribution in [0.15, 0.2) is 0 Å². The third-order valence-corrected chi connectivity index (χ3v) is 3.54. The Kier molecular flexibility index (Phi) is 10.5. The Morgan fingerprint density at radius 1 is 1.07 bits per heavy atom. The average molecular weight is 238 g/mol. The largest absolute Gasteiger partial charge is 0.394 e. The molecule has 5 nitrogen and oxygen atoms in total. The van der Waals surface area contributed by atoms with E-state index in [0.717, 1.165) is 6.04 Å². The number of aliphatic hydroxyl groups excluding tert-OH is 2. The normalized spacial score (nSPS) is 12.4. The van der Waals surface area contributed by atoms with Crippen LogP contribution in [0.5, 0.6) is 0 Å². The molecule has 0 aliphatic rings. The van der Waals surface area contributed by atoms with Crippen LogP contribution in [0, 0.1) is 5.92 Å². The van der Waals surface area contributed by atoms with Crippen LogP contribution in [0.4, 0.5) is 0 Å². The fourth-order valence-electron chi connectivity index (χ4n) is 0.842. The van der Waals surface area contributed by atoms with E-state index < -0.39 is 16.2 Å². The molecule has 0 heterocycles. The molecular weight excluding hydrogens is 216 g/mol. The molecular formula is C9H22O5Si. The molecule has 6 heteroatoms. The van der Waals surface area contributed by atoms with Gasteiger partial charge in [-0.2, -0.15) is 0 Å². The van der Waals surface area contributed by atoms with Gasteiger partial charge in [0.15, 0.2) is 9.76 Å². The van der Waals surface area contributed by atoms with Gasteiger partial charge < -0.3 is 24.1 Å². The number of aliphatic hydroxyl groups is 2. The SMILES string of the molecule is CC(C)C[SiH2]OC(OCCO)OCCO. The lowest BCUT2D eigenvalue weighted by molar-refractivity contribution is -0.252. The highest BCUT2D eigenvalue weighted by Gasteiger charge is 2.09. The number of hydrogen-bond donors (Lipinski definition) is 2. The number of hydrogen-bond acceptors (Lipinski definition) is 5. The smallest absolute Gasteiger partial charge is 0.261 e. The first kappa shape index (κ1) is 15.0. The summed E-state index contributed by atoms with van der Waals surface area (Å²) in [5.74, 6) is 0.619. The first-order valence-corrected chi connectivity index (χ1v) is 6.85. The molecule has 0 rings (SSSR count). The Hall–Kier alpha value is 0.0169. The van der Waals surface area contributed by atoms with Gasteiger partial charge in [-0.3, -0.25) is 0 Å². The van der Waals surface area contributed by atoms with Crippen LogP contribution in [0.3, 0.4) is 0 Å². The maximum atomic E-state index is 8.58. The summed E-state index contributed by atoms with van der Waals surface area (Å²) in [6.45, 7) is 3.79. The van der Waals surface area contributed by atoms with Gasteiger partial charge in [-0.05, 0) is 12.0 Å². The molecule has 0 amide bonds. The van der Waals surface area contributed by atoms with E-state index in [2.05, 4.69) is 13.8 Å². The average Bonchev–Trinajstić information content (AvgIpc) is 2.20. The second-order valence-electron chi connectivity index (χ2n) is 3.53. The van der Waals surface area contributed by atoms with Crippen LogP contribution < -0.4 is 0 Å². The second-order valence-corrected chi connectivity index (χ2v) is 4.85. The lowest BCUT2D eigenvalue weighted by atomic mass is 10.3. The van der Waals surface area contributed by atoms with Gasteiger partial charge in [-0.25, -0.2) is 0 Å². The van der Waals surface area contributed by atoms with E-state index in [4.69, 9.17) is 24.1 Å². The molecule has 0 aliphatic heterocycles. The fourth-order valence-corrected chi connectivity index (χ4v) is 1.83. The summed E-state index contributed by atoms with van der Waals surface area (Å²) in [5, 5.41) is 17.2. The van der Waals surface area contributed by atoms with Gasteiger partial charge in [-0.15, -0.1) is 0 Å². The summed E-state index contributed by atoms with van der Waals surface area (Å²) in [6.07, 6.45) is 0. The zero-order chi connectivity index (χ0) is 11.5. The Bertz CT molecular complexity index is 126. The quantitative estimate of drug-likeness (QED) is 0.395. The zero-order valence-corrected chi connectivity index (χ0v) is 10.9.